The van der Waals surface area contributed by atoms with E-state index < -0.39 is 6.10 Å². The minimum Gasteiger partial charge on any atom is -0.481 e. The second kappa shape index (κ2) is 7.17. The molecule has 2 heterocycles. The molecular formula is C19H20N4O2. The van der Waals surface area contributed by atoms with Crippen molar-refractivity contribution in [2.24, 2.45) is 0 Å². The Hall–Kier alpha value is -3.15. The number of amides is 1. The Labute approximate surface area is 146 Å². The Kier molecular flexibility index (Phi) is 4.79. The fourth-order valence-corrected chi connectivity index (χ4v) is 2.45. The SMILES string of the molecule is Cc1cc(C)n(-c2ccc(NC(=O)C(C)Oc3ccccc3)cn2)n1. The number of aromatic nitrogens is 3. The van der Waals surface area contributed by atoms with Crippen molar-refractivity contribution in [3.05, 3.63) is 66.1 Å². The van der Waals surface area contributed by atoms with Crippen molar-refractivity contribution in [2.45, 2.75) is 26.9 Å². The van der Waals surface area contributed by atoms with Gasteiger partial charge in [-0.05, 0) is 51.1 Å². The molecule has 1 atom stereocenters. The van der Waals surface area contributed by atoms with E-state index in [1.54, 1.807) is 23.9 Å². The maximum absolute atomic E-state index is 12.2. The van der Waals surface area contributed by atoms with Crippen molar-refractivity contribution < 1.29 is 9.53 Å². The molecule has 3 aromatic rings. The van der Waals surface area contributed by atoms with E-state index in [-0.39, 0.29) is 5.91 Å². The third-order valence-corrected chi connectivity index (χ3v) is 3.67. The average molecular weight is 336 g/mol. The van der Waals surface area contributed by atoms with Gasteiger partial charge in [-0.25, -0.2) is 9.67 Å². The Balaban J connectivity index is 1.64. The fourth-order valence-electron chi connectivity index (χ4n) is 2.45. The Morgan fingerprint density at radius 2 is 1.92 bits per heavy atom. The molecule has 0 fully saturated rings. The molecular weight excluding hydrogens is 316 g/mol. The number of ether oxygens (including phenoxy) is 1. The molecule has 0 aliphatic heterocycles. The van der Waals surface area contributed by atoms with Crippen molar-refractivity contribution in [1.29, 1.82) is 0 Å². The van der Waals surface area contributed by atoms with Crippen LogP contribution in [0.25, 0.3) is 5.82 Å². The van der Waals surface area contributed by atoms with Crippen LogP contribution >= 0.6 is 0 Å². The van der Waals surface area contributed by atoms with Crippen LogP contribution in [0.15, 0.2) is 54.7 Å². The molecule has 0 radical (unpaired) electrons. The quantitative estimate of drug-likeness (QED) is 0.776. The maximum Gasteiger partial charge on any atom is 0.265 e. The summed E-state index contributed by atoms with van der Waals surface area (Å²) < 4.78 is 7.38. The molecule has 1 aromatic carbocycles. The second-order valence-electron chi connectivity index (χ2n) is 5.81. The summed E-state index contributed by atoms with van der Waals surface area (Å²) >= 11 is 0. The van der Waals surface area contributed by atoms with Crippen LogP contribution in [0, 0.1) is 13.8 Å². The van der Waals surface area contributed by atoms with Gasteiger partial charge < -0.3 is 10.1 Å². The van der Waals surface area contributed by atoms with E-state index in [4.69, 9.17) is 4.74 Å². The zero-order valence-corrected chi connectivity index (χ0v) is 14.4. The van der Waals surface area contributed by atoms with E-state index in [2.05, 4.69) is 15.4 Å². The van der Waals surface area contributed by atoms with Gasteiger partial charge in [0.25, 0.3) is 5.91 Å². The number of anilines is 1. The van der Waals surface area contributed by atoms with Gasteiger partial charge in [-0.3, -0.25) is 4.79 Å². The monoisotopic (exact) mass is 336 g/mol. The van der Waals surface area contributed by atoms with Crippen molar-refractivity contribution in [3.8, 4) is 11.6 Å². The van der Waals surface area contributed by atoms with Gasteiger partial charge in [0.1, 0.15) is 5.75 Å². The number of pyridine rings is 1. The molecule has 0 aliphatic rings. The first-order valence-corrected chi connectivity index (χ1v) is 8.05. The van der Waals surface area contributed by atoms with Crippen molar-refractivity contribution in [2.75, 3.05) is 5.32 Å². The van der Waals surface area contributed by atoms with Gasteiger partial charge in [-0.15, -0.1) is 0 Å². The number of nitrogens with zero attached hydrogens (tertiary/aromatic N) is 3. The minimum atomic E-state index is -0.613. The van der Waals surface area contributed by atoms with Crippen LogP contribution < -0.4 is 10.1 Å². The van der Waals surface area contributed by atoms with E-state index in [9.17, 15) is 4.79 Å². The Morgan fingerprint density at radius 1 is 1.16 bits per heavy atom. The maximum atomic E-state index is 12.2. The van der Waals surface area contributed by atoms with Crippen LogP contribution in [0.4, 0.5) is 5.69 Å². The van der Waals surface area contributed by atoms with Crippen LogP contribution in [0.1, 0.15) is 18.3 Å². The van der Waals surface area contributed by atoms with Crippen molar-refractivity contribution >= 4 is 11.6 Å². The number of hydrogen-bond donors (Lipinski definition) is 1. The lowest BCUT2D eigenvalue weighted by Gasteiger charge is -2.14. The van der Waals surface area contributed by atoms with E-state index >= 15 is 0 Å². The molecule has 1 unspecified atom stereocenters. The molecule has 2 aromatic heterocycles. The molecule has 0 spiro atoms. The molecule has 6 heteroatoms. The van der Waals surface area contributed by atoms with Crippen LogP contribution in [-0.2, 0) is 4.79 Å². The third kappa shape index (κ3) is 4.03. The number of para-hydroxylation sites is 1. The summed E-state index contributed by atoms with van der Waals surface area (Å²) in [5, 5.41) is 7.20. The molecule has 1 N–H and O–H groups in total. The van der Waals surface area contributed by atoms with Crippen LogP contribution in [0.2, 0.25) is 0 Å². The van der Waals surface area contributed by atoms with Crippen LogP contribution in [0.3, 0.4) is 0 Å². The lowest BCUT2D eigenvalue weighted by atomic mass is 10.3. The molecule has 6 nitrogen and oxygen atoms in total. The normalized spacial score (nSPS) is 11.8. The summed E-state index contributed by atoms with van der Waals surface area (Å²) in [6.45, 7) is 5.62. The van der Waals surface area contributed by atoms with Crippen molar-refractivity contribution in [3.63, 3.8) is 0 Å². The number of hydrogen-bond acceptors (Lipinski definition) is 4. The lowest BCUT2D eigenvalue weighted by Crippen LogP contribution is -2.30. The first kappa shape index (κ1) is 16.7. The highest BCUT2D eigenvalue weighted by atomic mass is 16.5. The minimum absolute atomic E-state index is 0.232. The number of carbonyl (C=O) groups is 1. The third-order valence-electron chi connectivity index (χ3n) is 3.67. The highest BCUT2D eigenvalue weighted by Crippen LogP contribution is 2.14. The van der Waals surface area contributed by atoms with E-state index in [1.807, 2.05) is 56.3 Å². The topological polar surface area (TPSA) is 69.0 Å². The van der Waals surface area contributed by atoms with Crippen LogP contribution in [-0.4, -0.2) is 26.8 Å². The summed E-state index contributed by atoms with van der Waals surface area (Å²) in [6, 6.07) is 14.9. The highest BCUT2D eigenvalue weighted by molar-refractivity contribution is 5.94. The largest absolute Gasteiger partial charge is 0.481 e. The molecule has 3 rings (SSSR count). The zero-order valence-electron chi connectivity index (χ0n) is 14.4. The van der Waals surface area contributed by atoms with Gasteiger partial charge in [0.2, 0.25) is 0 Å². The van der Waals surface area contributed by atoms with Gasteiger partial charge in [0.05, 0.1) is 17.6 Å². The first-order chi connectivity index (χ1) is 12.0. The number of aryl methyl sites for hydroxylation is 2. The molecule has 0 saturated carbocycles. The molecule has 0 bridgehead atoms. The molecule has 1 amide bonds. The predicted molar refractivity (Wildman–Crippen MR) is 96.0 cm³/mol. The Morgan fingerprint density at radius 3 is 2.52 bits per heavy atom. The predicted octanol–water partition coefficient (Wildman–Crippen LogP) is 3.29. The summed E-state index contributed by atoms with van der Waals surface area (Å²) in [7, 11) is 0. The number of nitrogens with one attached hydrogen (secondary N) is 1. The van der Waals surface area contributed by atoms with Gasteiger partial charge >= 0.3 is 0 Å². The summed E-state index contributed by atoms with van der Waals surface area (Å²) in [4.78, 5) is 16.6. The number of benzene rings is 1. The molecule has 0 aliphatic carbocycles. The highest BCUT2D eigenvalue weighted by Gasteiger charge is 2.15. The smallest absolute Gasteiger partial charge is 0.265 e. The Bertz CT molecular complexity index is 857. The molecule has 25 heavy (non-hydrogen) atoms. The first-order valence-electron chi connectivity index (χ1n) is 8.05. The molecule has 0 saturated heterocycles. The van der Waals surface area contributed by atoms with Gasteiger partial charge in [-0.2, -0.15) is 5.10 Å². The van der Waals surface area contributed by atoms with Crippen molar-refractivity contribution in [1.82, 2.24) is 14.8 Å². The van der Waals surface area contributed by atoms with Gasteiger partial charge in [0, 0.05) is 5.69 Å². The van der Waals surface area contributed by atoms with E-state index in [0.29, 0.717) is 17.3 Å². The zero-order chi connectivity index (χ0) is 17.8. The molecule has 128 valence electrons. The number of carbonyl (C=O) groups excluding carboxylic acids is 1. The fraction of sp³-hybridized carbons (Fsp3) is 0.211. The summed E-state index contributed by atoms with van der Waals surface area (Å²) in [6.07, 6.45) is 0.997. The van der Waals surface area contributed by atoms with Crippen LogP contribution in [0.5, 0.6) is 5.75 Å². The average Bonchev–Trinajstić information content (AvgIpc) is 2.95. The van der Waals surface area contributed by atoms with Gasteiger partial charge in [-0.1, -0.05) is 18.2 Å². The summed E-state index contributed by atoms with van der Waals surface area (Å²) in [5.41, 5.74) is 2.55. The second-order valence-corrected chi connectivity index (χ2v) is 5.81. The number of rotatable bonds is 5. The lowest BCUT2D eigenvalue weighted by molar-refractivity contribution is -0.122. The summed E-state index contributed by atoms with van der Waals surface area (Å²) in [5.74, 6) is 1.13. The van der Waals surface area contributed by atoms with E-state index in [1.165, 1.54) is 0 Å². The standard InChI is InChI=1S/C19H20N4O2/c1-13-11-14(2)23(22-13)18-10-9-16(12-20-18)21-19(24)15(3)25-17-7-5-4-6-8-17/h4-12,15H,1-3H3,(H,21,24). The van der Waals surface area contributed by atoms with E-state index in [0.717, 1.165) is 11.4 Å². The van der Waals surface area contributed by atoms with Gasteiger partial charge in [0.15, 0.2) is 11.9 Å².